The first-order valence-corrected chi connectivity index (χ1v) is 8.86. The quantitative estimate of drug-likeness (QED) is 0.895. The van der Waals surface area contributed by atoms with E-state index >= 15 is 0 Å². The molecule has 0 spiro atoms. The van der Waals surface area contributed by atoms with Crippen LogP contribution in [0.3, 0.4) is 0 Å². The molecule has 0 fully saturated rings. The van der Waals surface area contributed by atoms with Crippen molar-refractivity contribution < 1.29 is 9.53 Å². The molecule has 3 rings (SSSR count). The molecule has 5 heteroatoms. The molecule has 1 N–H and O–H groups in total. The number of ether oxygens (including phenoxy) is 1. The number of rotatable bonds is 5. The predicted octanol–water partition coefficient (Wildman–Crippen LogP) is 3.63. The van der Waals surface area contributed by atoms with Crippen LogP contribution in [0.15, 0.2) is 42.5 Å². The van der Waals surface area contributed by atoms with Crippen molar-refractivity contribution in [3.05, 3.63) is 59.2 Å². The van der Waals surface area contributed by atoms with Crippen LogP contribution in [-0.4, -0.2) is 26.1 Å². The van der Waals surface area contributed by atoms with E-state index in [1.54, 1.807) is 13.2 Å². The van der Waals surface area contributed by atoms with E-state index in [-0.39, 0.29) is 17.9 Å². The molecular weight excluding hydrogens is 326 g/mol. The average molecular weight is 349 g/mol. The van der Waals surface area contributed by atoms with E-state index in [1.165, 1.54) is 0 Å². The highest BCUT2D eigenvalue weighted by atomic mass is 16.5. The van der Waals surface area contributed by atoms with E-state index in [9.17, 15) is 10.1 Å². The lowest BCUT2D eigenvalue weighted by Gasteiger charge is -2.28. The van der Waals surface area contributed by atoms with Gasteiger partial charge in [-0.3, -0.25) is 4.79 Å². The first-order valence-electron chi connectivity index (χ1n) is 8.86. The summed E-state index contributed by atoms with van der Waals surface area (Å²) in [5.74, 6) is 0.388. The number of anilines is 1. The third-order valence-electron chi connectivity index (χ3n) is 4.84. The molecule has 2 aromatic carbocycles. The van der Waals surface area contributed by atoms with E-state index < -0.39 is 0 Å². The van der Waals surface area contributed by atoms with Gasteiger partial charge in [0.25, 0.3) is 5.91 Å². The lowest BCUT2D eigenvalue weighted by molar-refractivity contribution is 0.0955. The zero-order valence-electron chi connectivity index (χ0n) is 15.3. The third kappa shape index (κ3) is 2.99. The van der Waals surface area contributed by atoms with Gasteiger partial charge in [0.15, 0.2) is 0 Å². The van der Waals surface area contributed by atoms with E-state index in [4.69, 9.17) is 4.74 Å². The van der Waals surface area contributed by atoms with E-state index in [0.717, 1.165) is 29.1 Å². The summed E-state index contributed by atoms with van der Waals surface area (Å²) in [4.78, 5) is 14.4. The maximum Gasteiger partial charge on any atom is 0.251 e. The van der Waals surface area contributed by atoms with Crippen molar-refractivity contribution in [1.82, 2.24) is 5.32 Å². The minimum atomic E-state index is -0.291. The molecular formula is C21H23N3O2. The summed E-state index contributed by atoms with van der Waals surface area (Å²) in [5, 5.41) is 12.7. The molecule has 26 heavy (non-hydrogen) atoms. The van der Waals surface area contributed by atoms with Gasteiger partial charge in [-0.25, -0.2) is 0 Å². The summed E-state index contributed by atoms with van der Waals surface area (Å²) in [7, 11) is 1.64. The van der Waals surface area contributed by atoms with E-state index in [1.807, 2.05) is 43.3 Å². The smallest absolute Gasteiger partial charge is 0.251 e. The lowest BCUT2D eigenvalue weighted by atomic mass is 9.90. The second-order valence-electron chi connectivity index (χ2n) is 6.25. The zero-order chi connectivity index (χ0) is 18.7. The molecule has 2 unspecified atom stereocenters. The van der Waals surface area contributed by atoms with Crippen LogP contribution in [0.5, 0.6) is 5.75 Å². The van der Waals surface area contributed by atoms with Gasteiger partial charge >= 0.3 is 0 Å². The molecule has 134 valence electrons. The molecule has 0 saturated carbocycles. The van der Waals surface area contributed by atoms with Crippen molar-refractivity contribution in [2.45, 2.75) is 25.8 Å². The summed E-state index contributed by atoms with van der Waals surface area (Å²) < 4.78 is 5.36. The van der Waals surface area contributed by atoms with Crippen LogP contribution in [0, 0.1) is 11.3 Å². The maximum absolute atomic E-state index is 12.2. The van der Waals surface area contributed by atoms with Gasteiger partial charge in [-0.15, -0.1) is 0 Å². The molecule has 1 heterocycles. The van der Waals surface area contributed by atoms with Crippen molar-refractivity contribution >= 4 is 11.6 Å². The van der Waals surface area contributed by atoms with Crippen LogP contribution in [0.25, 0.3) is 0 Å². The fraction of sp³-hybridized carbons (Fsp3) is 0.333. The molecule has 0 aliphatic carbocycles. The third-order valence-corrected chi connectivity index (χ3v) is 4.84. The molecule has 1 aliphatic heterocycles. The highest BCUT2D eigenvalue weighted by Gasteiger charge is 2.39. The van der Waals surface area contributed by atoms with Gasteiger partial charge < -0.3 is 15.0 Å². The summed E-state index contributed by atoms with van der Waals surface area (Å²) in [6.07, 6.45) is 0. The van der Waals surface area contributed by atoms with E-state index in [0.29, 0.717) is 12.1 Å². The van der Waals surface area contributed by atoms with Crippen LogP contribution in [0.4, 0.5) is 5.69 Å². The summed E-state index contributed by atoms with van der Waals surface area (Å²) in [6, 6.07) is 15.8. The van der Waals surface area contributed by atoms with Crippen molar-refractivity contribution in [1.29, 1.82) is 5.26 Å². The Bertz CT molecular complexity index is 857. The largest absolute Gasteiger partial charge is 0.497 e. The zero-order valence-corrected chi connectivity index (χ0v) is 15.3. The summed E-state index contributed by atoms with van der Waals surface area (Å²) >= 11 is 0. The van der Waals surface area contributed by atoms with Crippen LogP contribution >= 0.6 is 0 Å². The van der Waals surface area contributed by atoms with Crippen molar-refractivity contribution in [2.75, 3.05) is 25.1 Å². The second kappa shape index (κ2) is 7.49. The molecule has 1 aliphatic rings. The lowest BCUT2D eigenvalue weighted by Crippen LogP contribution is -2.27. The second-order valence-corrected chi connectivity index (χ2v) is 6.25. The Balaban J connectivity index is 2.06. The van der Waals surface area contributed by atoms with Gasteiger partial charge in [0.2, 0.25) is 0 Å². The molecule has 0 aromatic heterocycles. The van der Waals surface area contributed by atoms with Gasteiger partial charge in [0.1, 0.15) is 5.75 Å². The van der Waals surface area contributed by atoms with Gasteiger partial charge in [-0.1, -0.05) is 18.2 Å². The van der Waals surface area contributed by atoms with Crippen molar-refractivity contribution in [3.63, 3.8) is 0 Å². The van der Waals surface area contributed by atoms with Gasteiger partial charge in [0, 0.05) is 30.4 Å². The average Bonchev–Trinajstić information content (AvgIpc) is 3.00. The Labute approximate surface area is 154 Å². The normalized spacial score (nSPS) is 18.2. The fourth-order valence-electron chi connectivity index (χ4n) is 3.67. The Kier molecular flexibility index (Phi) is 5.13. The Morgan fingerprint density at radius 2 is 2.08 bits per heavy atom. The predicted molar refractivity (Wildman–Crippen MR) is 102 cm³/mol. The SMILES string of the molecule is CCNC(=O)c1cccc(C2C(C#N)c3ccc(OC)cc3N2CC)c1. The first kappa shape index (κ1) is 17.8. The number of carbonyl (C=O) groups is 1. The number of hydrogen-bond acceptors (Lipinski definition) is 4. The number of fused-ring (bicyclic) bond motifs is 1. The standard InChI is InChI=1S/C21H23N3O2/c1-4-23-21(25)15-8-6-7-14(11-15)20-18(13-22)17-10-9-16(26-3)12-19(17)24(20)5-2/h6-12,18,20H,4-5H2,1-3H3,(H,23,25). The maximum atomic E-state index is 12.2. The molecule has 2 atom stereocenters. The minimum Gasteiger partial charge on any atom is -0.497 e. The van der Waals surface area contributed by atoms with Crippen LogP contribution < -0.4 is 15.0 Å². The molecule has 0 saturated heterocycles. The van der Waals surface area contributed by atoms with Crippen molar-refractivity contribution in [2.24, 2.45) is 0 Å². The Morgan fingerprint density at radius 3 is 2.73 bits per heavy atom. The monoisotopic (exact) mass is 349 g/mol. The molecule has 2 aromatic rings. The molecule has 5 nitrogen and oxygen atoms in total. The van der Waals surface area contributed by atoms with Crippen molar-refractivity contribution in [3.8, 4) is 11.8 Å². The number of nitrogens with zero attached hydrogens (tertiary/aromatic N) is 2. The topological polar surface area (TPSA) is 65.4 Å². The minimum absolute atomic E-state index is 0.0944. The Morgan fingerprint density at radius 1 is 1.27 bits per heavy atom. The molecule has 0 radical (unpaired) electrons. The number of likely N-dealkylation sites (N-methyl/N-ethyl adjacent to an activating group) is 1. The number of methoxy groups -OCH3 is 1. The number of amides is 1. The van der Waals surface area contributed by atoms with Crippen LogP contribution in [-0.2, 0) is 0 Å². The van der Waals surface area contributed by atoms with Gasteiger partial charge in [0.05, 0.1) is 25.1 Å². The summed E-state index contributed by atoms with van der Waals surface area (Å²) in [5.41, 5.74) is 3.61. The number of nitriles is 1. The number of benzene rings is 2. The number of nitrogens with one attached hydrogen (secondary N) is 1. The summed E-state index contributed by atoms with van der Waals surface area (Å²) in [6.45, 7) is 5.31. The highest BCUT2D eigenvalue weighted by Crippen LogP contribution is 2.49. The van der Waals surface area contributed by atoms with E-state index in [2.05, 4.69) is 23.2 Å². The first-order chi connectivity index (χ1) is 12.6. The van der Waals surface area contributed by atoms with Crippen LogP contribution in [0.1, 0.15) is 47.3 Å². The van der Waals surface area contributed by atoms with Gasteiger partial charge in [-0.2, -0.15) is 5.26 Å². The highest BCUT2D eigenvalue weighted by molar-refractivity contribution is 5.94. The fourth-order valence-corrected chi connectivity index (χ4v) is 3.67. The molecule has 0 bridgehead atoms. The van der Waals surface area contributed by atoms with Crippen LogP contribution in [0.2, 0.25) is 0 Å². The van der Waals surface area contributed by atoms with Gasteiger partial charge in [-0.05, 0) is 43.2 Å². The Hall–Kier alpha value is -3.00. The number of hydrogen-bond donors (Lipinski definition) is 1. The molecule has 1 amide bonds. The number of carbonyl (C=O) groups excluding carboxylic acids is 1.